The number of carbonyl (C=O) groups is 1. The van der Waals surface area contributed by atoms with Crippen LogP contribution in [0.4, 0.5) is 13.2 Å². The van der Waals surface area contributed by atoms with Crippen LogP contribution in [-0.4, -0.2) is 31.5 Å². The number of unbranched alkanes of at least 4 members (excludes halogenated alkanes) is 1. The van der Waals surface area contributed by atoms with Crippen molar-refractivity contribution in [2.24, 2.45) is 0 Å². The SMILES string of the molecule is CCCCN/C(=C(\C=N)C(=O)OCC)C(F)(F)F. The molecule has 0 aliphatic rings. The lowest BCUT2D eigenvalue weighted by Gasteiger charge is -2.16. The van der Waals surface area contributed by atoms with Crippen molar-refractivity contribution >= 4 is 12.2 Å². The van der Waals surface area contributed by atoms with Gasteiger partial charge in [-0.2, -0.15) is 13.2 Å². The van der Waals surface area contributed by atoms with E-state index < -0.39 is 23.4 Å². The van der Waals surface area contributed by atoms with Crippen LogP contribution in [0.15, 0.2) is 11.3 Å². The van der Waals surface area contributed by atoms with Gasteiger partial charge in [0.05, 0.1) is 6.61 Å². The number of esters is 1. The van der Waals surface area contributed by atoms with E-state index in [1.165, 1.54) is 6.92 Å². The van der Waals surface area contributed by atoms with Crippen LogP contribution < -0.4 is 5.32 Å². The van der Waals surface area contributed by atoms with Gasteiger partial charge in [-0.3, -0.25) is 0 Å². The Morgan fingerprint density at radius 2 is 2.00 bits per heavy atom. The summed E-state index contributed by atoms with van der Waals surface area (Å²) >= 11 is 0. The minimum Gasteiger partial charge on any atom is -0.462 e. The number of halogens is 3. The highest BCUT2D eigenvalue weighted by atomic mass is 19.4. The van der Waals surface area contributed by atoms with Crippen molar-refractivity contribution in [1.82, 2.24) is 5.32 Å². The third-order valence-electron chi connectivity index (χ3n) is 2.02. The lowest BCUT2D eigenvalue weighted by atomic mass is 10.2. The van der Waals surface area contributed by atoms with Crippen LogP contribution in [0.5, 0.6) is 0 Å². The van der Waals surface area contributed by atoms with Crippen LogP contribution in [0.1, 0.15) is 26.7 Å². The Hall–Kier alpha value is -1.53. The first-order chi connectivity index (χ1) is 8.38. The summed E-state index contributed by atoms with van der Waals surface area (Å²) in [5.74, 6) is -1.15. The maximum absolute atomic E-state index is 12.8. The van der Waals surface area contributed by atoms with Crippen LogP contribution >= 0.6 is 0 Å². The van der Waals surface area contributed by atoms with Crippen molar-refractivity contribution in [3.8, 4) is 0 Å². The Balaban J connectivity index is 5.19. The summed E-state index contributed by atoms with van der Waals surface area (Å²) in [5.41, 5.74) is -2.02. The second-order valence-corrected chi connectivity index (χ2v) is 3.43. The fourth-order valence-electron chi connectivity index (χ4n) is 1.18. The third-order valence-corrected chi connectivity index (χ3v) is 2.02. The Morgan fingerprint density at radius 1 is 1.39 bits per heavy atom. The Kier molecular flexibility index (Phi) is 7.07. The minimum atomic E-state index is -4.71. The molecule has 0 radical (unpaired) electrons. The molecule has 0 rings (SSSR count). The molecule has 0 aromatic carbocycles. The van der Waals surface area contributed by atoms with Gasteiger partial charge >= 0.3 is 12.1 Å². The molecule has 0 amide bonds. The Bertz CT molecular complexity index is 325. The summed E-state index contributed by atoms with van der Waals surface area (Å²) in [4.78, 5) is 11.3. The van der Waals surface area contributed by atoms with Gasteiger partial charge in [0.1, 0.15) is 11.3 Å². The molecule has 0 atom stereocenters. The van der Waals surface area contributed by atoms with Crippen LogP contribution in [0, 0.1) is 5.41 Å². The number of hydrogen-bond acceptors (Lipinski definition) is 4. The summed E-state index contributed by atoms with van der Waals surface area (Å²) in [7, 11) is 0. The average molecular weight is 266 g/mol. The van der Waals surface area contributed by atoms with Crippen molar-refractivity contribution in [2.75, 3.05) is 13.2 Å². The van der Waals surface area contributed by atoms with Gasteiger partial charge in [-0.15, -0.1) is 0 Å². The van der Waals surface area contributed by atoms with E-state index in [9.17, 15) is 18.0 Å². The molecule has 0 aromatic rings. The van der Waals surface area contributed by atoms with E-state index in [0.29, 0.717) is 12.6 Å². The third kappa shape index (κ3) is 5.20. The van der Waals surface area contributed by atoms with E-state index in [4.69, 9.17) is 5.41 Å². The molecule has 104 valence electrons. The molecule has 0 aromatic heterocycles. The first-order valence-electron chi connectivity index (χ1n) is 5.61. The van der Waals surface area contributed by atoms with Crippen molar-refractivity contribution in [3.63, 3.8) is 0 Å². The zero-order valence-electron chi connectivity index (χ0n) is 10.4. The highest BCUT2D eigenvalue weighted by Crippen LogP contribution is 2.26. The van der Waals surface area contributed by atoms with Gasteiger partial charge in [-0.25, -0.2) is 4.79 Å². The van der Waals surface area contributed by atoms with Gasteiger partial charge in [0.25, 0.3) is 0 Å². The number of alkyl halides is 3. The molecule has 0 bridgehead atoms. The molecular weight excluding hydrogens is 249 g/mol. The fourth-order valence-corrected chi connectivity index (χ4v) is 1.18. The largest absolute Gasteiger partial charge is 0.462 e. The standard InChI is InChI=1S/C11H17F3N2O2/c1-3-5-6-16-9(11(12,13)14)8(7-15)10(17)18-4-2/h7,15-16H,3-6H2,1-2H3/b9-8+,15-7?. The van der Waals surface area contributed by atoms with Crippen molar-refractivity contribution in [2.45, 2.75) is 32.9 Å². The number of nitrogens with one attached hydrogen (secondary N) is 2. The number of rotatable bonds is 7. The molecule has 18 heavy (non-hydrogen) atoms. The predicted octanol–water partition coefficient (Wildman–Crippen LogP) is 2.41. The smallest absolute Gasteiger partial charge is 0.431 e. The Labute approximate surface area is 104 Å². The minimum absolute atomic E-state index is 0.0454. The summed E-state index contributed by atoms with van der Waals surface area (Å²) in [6, 6.07) is 0. The molecular formula is C11H17F3N2O2. The summed E-state index contributed by atoms with van der Waals surface area (Å²) in [6.07, 6.45) is -3.10. The molecule has 0 unspecified atom stereocenters. The second kappa shape index (κ2) is 7.73. The average Bonchev–Trinajstić information content (AvgIpc) is 2.27. The van der Waals surface area contributed by atoms with Crippen LogP contribution in [0.3, 0.4) is 0 Å². The molecule has 0 spiro atoms. The first-order valence-corrected chi connectivity index (χ1v) is 5.61. The number of carbonyl (C=O) groups excluding carboxylic acids is 1. The van der Waals surface area contributed by atoms with Crippen molar-refractivity contribution in [3.05, 3.63) is 11.3 Å². The highest BCUT2D eigenvalue weighted by molar-refractivity contribution is 6.09. The Morgan fingerprint density at radius 3 is 2.39 bits per heavy atom. The molecule has 0 saturated carbocycles. The lowest BCUT2D eigenvalue weighted by molar-refractivity contribution is -0.139. The molecule has 4 nitrogen and oxygen atoms in total. The van der Waals surface area contributed by atoms with E-state index in [2.05, 4.69) is 10.1 Å². The molecule has 0 saturated heterocycles. The van der Waals surface area contributed by atoms with Gasteiger partial charge in [0.15, 0.2) is 0 Å². The van der Waals surface area contributed by atoms with Gasteiger partial charge in [0.2, 0.25) is 0 Å². The van der Waals surface area contributed by atoms with Crippen molar-refractivity contribution in [1.29, 1.82) is 5.41 Å². The number of ether oxygens (including phenoxy) is 1. The topological polar surface area (TPSA) is 62.2 Å². The number of hydrogen-bond donors (Lipinski definition) is 2. The normalized spacial score (nSPS) is 12.7. The van der Waals surface area contributed by atoms with E-state index >= 15 is 0 Å². The first kappa shape index (κ1) is 16.5. The van der Waals surface area contributed by atoms with Crippen LogP contribution in [0.25, 0.3) is 0 Å². The summed E-state index contributed by atoms with van der Waals surface area (Å²) in [6.45, 7) is 3.36. The second-order valence-electron chi connectivity index (χ2n) is 3.43. The van der Waals surface area contributed by atoms with E-state index in [1.54, 1.807) is 0 Å². The zero-order chi connectivity index (χ0) is 14.2. The maximum atomic E-state index is 12.8. The summed E-state index contributed by atoms with van der Waals surface area (Å²) in [5, 5.41) is 9.09. The zero-order valence-corrected chi connectivity index (χ0v) is 10.4. The summed E-state index contributed by atoms with van der Waals surface area (Å²) < 4.78 is 42.8. The van der Waals surface area contributed by atoms with Crippen LogP contribution in [-0.2, 0) is 9.53 Å². The molecule has 0 aliphatic heterocycles. The van der Waals surface area contributed by atoms with Gasteiger partial charge in [-0.05, 0) is 13.3 Å². The predicted molar refractivity (Wildman–Crippen MR) is 61.4 cm³/mol. The molecule has 0 aliphatic carbocycles. The van der Waals surface area contributed by atoms with E-state index in [-0.39, 0.29) is 13.2 Å². The van der Waals surface area contributed by atoms with E-state index in [1.807, 2.05) is 6.92 Å². The van der Waals surface area contributed by atoms with Gasteiger partial charge < -0.3 is 15.5 Å². The van der Waals surface area contributed by atoms with Gasteiger partial charge in [0, 0.05) is 12.8 Å². The van der Waals surface area contributed by atoms with Crippen LogP contribution in [0.2, 0.25) is 0 Å². The lowest BCUT2D eigenvalue weighted by Crippen LogP contribution is -2.31. The quantitative estimate of drug-likeness (QED) is 0.322. The van der Waals surface area contributed by atoms with Gasteiger partial charge in [-0.1, -0.05) is 13.3 Å². The molecule has 2 N–H and O–H groups in total. The fraction of sp³-hybridized carbons (Fsp3) is 0.636. The molecule has 0 fully saturated rings. The monoisotopic (exact) mass is 266 g/mol. The van der Waals surface area contributed by atoms with E-state index in [0.717, 1.165) is 6.42 Å². The number of allylic oxidation sites excluding steroid dienone is 1. The molecule has 0 heterocycles. The van der Waals surface area contributed by atoms with Crippen molar-refractivity contribution < 1.29 is 22.7 Å². The molecule has 7 heteroatoms. The maximum Gasteiger partial charge on any atom is 0.431 e. The highest BCUT2D eigenvalue weighted by Gasteiger charge is 2.38.